The zero-order valence-corrected chi connectivity index (χ0v) is 13.9. The van der Waals surface area contributed by atoms with Crippen LogP contribution in [0.3, 0.4) is 0 Å². The van der Waals surface area contributed by atoms with Gasteiger partial charge in [0, 0.05) is 12.2 Å². The fourth-order valence-electron chi connectivity index (χ4n) is 3.06. The summed E-state index contributed by atoms with van der Waals surface area (Å²) in [5.41, 5.74) is 3.06. The van der Waals surface area contributed by atoms with Crippen LogP contribution in [0.4, 0.5) is 10.1 Å². The molecule has 0 amide bonds. The molecule has 0 radical (unpaired) electrons. The highest BCUT2D eigenvalue weighted by Gasteiger charge is 2.29. The van der Waals surface area contributed by atoms with Gasteiger partial charge in [-0.15, -0.1) is 5.10 Å². The maximum Gasteiger partial charge on any atom is 0.177 e. The zero-order valence-electron chi connectivity index (χ0n) is 13.9. The van der Waals surface area contributed by atoms with Crippen LogP contribution in [0.5, 0.6) is 0 Å². The van der Waals surface area contributed by atoms with E-state index in [1.54, 1.807) is 22.9 Å². The van der Waals surface area contributed by atoms with Crippen LogP contribution < -0.4 is 4.90 Å². The maximum atomic E-state index is 13.2. The molecule has 1 atom stereocenters. The number of anilines is 1. The quantitative estimate of drug-likeness (QED) is 0.724. The lowest BCUT2D eigenvalue weighted by Gasteiger charge is -2.23. The van der Waals surface area contributed by atoms with E-state index in [0.29, 0.717) is 31.0 Å². The van der Waals surface area contributed by atoms with E-state index in [-0.39, 0.29) is 12.0 Å². The van der Waals surface area contributed by atoms with Gasteiger partial charge in [-0.3, -0.25) is 0 Å². The largest absolute Gasteiger partial charge is 0.350 e. The van der Waals surface area contributed by atoms with Gasteiger partial charge in [-0.1, -0.05) is 23.4 Å². The molecule has 1 fully saturated rings. The molecule has 0 aliphatic carbocycles. The Bertz CT molecular complexity index is 947. The fraction of sp³-hybridized carbons (Fsp3) is 0.211. The van der Waals surface area contributed by atoms with E-state index in [4.69, 9.17) is 4.74 Å². The second-order valence-electron chi connectivity index (χ2n) is 6.00. The number of nitriles is 1. The summed E-state index contributed by atoms with van der Waals surface area (Å²) in [5, 5.41) is 17.6. The molecular weight excluding hydrogens is 333 g/mol. The average molecular weight is 349 g/mol. The molecule has 0 saturated carbocycles. The molecule has 1 aromatic heterocycles. The molecule has 6 nitrogen and oxygen atoms in total. The van der Waals surface area contributed by atoms with Crippen molar-refractivity contribution in [3.63, 3.8) is 0 Å². The molecule has 1 saturated heterocycles. The van der Waals surface area contributed by atoms with Gasteiger partial charge >= 0.3 is 0 Å². The highest BCUT2D eigenvalue weighted by molar-refractivity contribution is 5.48. The smallest absolute Gasteiger partial charge is 0.177 e. The molecule has 2 heterocycles. The number of halogens is 1. The molecule has 1 aliphatic rings. The highest BCUT2D eigenvalue weighted by Crippen LogP contribution is 2.31. The minimum absolute atomic E-state index is 0.271. The van der Waals surface area contributed by atoms with Gasteiger partial charge in [-0.2, -0.15) is 5.26 Å². The first kappa shape index (κ1) is 16.2. The van der Waals surface area contributed by atoms with Crippen LogP contribution in [0.15, 0.2) is 54.7 Å². The Morgan fingerprint density at radius 3 is 2.81 bits per heavy atom. The van der Waals surface area contributed by atoms with Crippen LogP contribution in [-0.4, -0.2) is 28.1 Å². The molecule has 2 aromatic carbocycles. The lowest BCUT2D eigenvalue weighted by atomic mass is 10.1. The first-order valence-corrected chi connectivity index (χ1v) is 8.26. The molecule has 4 rings (SSSR count). The van der Waals surface area contributed by atoms with Gasteiger partial charge in [0.2, 0.25) is 0 Å². The number of hydrogen-bond acceptors (Lipinski definition) is 5. The summed E-state index contributed by atoms with van der Waals surface area (Å²) in [6.45, 7) is 1.71. The van der Waals surface area contributed by atoms with Gasteiger partial charge in [0.15, 0.2) is 6.23 Å². The van der Waals surface area contributed by atoms with Crippen LogP contribution in [0.2, 0.25) is 0 Å². The number of ether oxygens (including phenoxy) is 1. The van der Waals surface area contributed by atoms with E-state index in [1.807, 2.05) is 29.3 Å². The third-order valence-electron chi connectivity index (χ3n) is 4.33. The number of rotatable bonds is 4. The van der Waals surface area contributed by atoms with Crippen molar-refractivity contribution in [3.8, 4) is 6.07 Å². The Morgan fingerprint density at radius 1 is 1.19 bits per heavy atom. The summed E-state index contributed by atoms with van der Waals surface area (Å²) in [6.07, 6.45) is 1.46. The third kappa shape index (κ3) is 3.15. The molecule has 7 heteroatoms. The number of benzene rings is 2. The van der Waals surface area contributed by atoms with Gasteiger partial charge in [0.05, 0.1) is 31.0 Å². The van der Waals surface area contributed by atoms with Crippen LogP contribution >= 0.6 is 0 Å². The van der Waals surface area contributed by atoms with Crippen molar-refractivity contribution in [2.24, 2.45) is 0 Å². The van der Waals surface area contributed by atoms with Gasteiger partial charge in [-0.25, -0.2) is 9.07 Å². The van der Waals surface area contributed by atoms with Crippen molar-refractivity contribution in [3.05, 3.63) is 77.4 Å². The standard InChI is InChI=1S/C19H16FN5O/c20-16-5-7-17(8-6-16)25-9-10-26-19(25)18-13-24(23-22-18)12-15-4-2-1-3-14(15)11-21/h1-8,13,19H,9-10,12H2/t19-/m0/s1. The normalized spacial score (nSPS) is 16.6. The summed E-state index contributed by atoms with van der Waals surface area (Å²) in [5.74, 6) is -0.271. The Kier molecular flexibility index (Phi) is 4.33. The minimum Gasteiger partial charge on any atom is -0.350 e. The molecule has 130 valence electrons. The Hall–Kier alpha value is -3.24. The topological polar surface area (TPSA) is 67.0 Å². The predicted molar refractivity (Wildman–Crippen MR) is 92.7 cm³/mol. The first-order valence-electron chi connectivity index (χ1n) is 8.26. The number of hydrogen-bond donors (Lipinski definition) is 0. The summed E-state index contributed by atoms with van der Waals surface area (Å²) in [4.78, 5) is 2.02. The summed E-state index contributed by atoms with van der Waals surface area (Å²) < 4.78 is 20.7. The van der Waals surface area contributed by atoms with Crippen molar-refractivity contribution < 1.29 is 9.13 Å². The van der Waals surface area contributed by atoms with Crippen molar-refractivity contribution in [1.82, 2.24) is 15.0 Å². The van der Waals surface area contributed by atoms with Crippen LogP contribution in [-0.2, 0) is 11.3 Å². The minimum atomic E-state index is -0.361. The van der Waals surface area contributed by atoms with Crippen molar-refractivity contribution in [2.45, 2.75) is 12.8 Å². The number of aromatic nitrogens is 3. The first-order chi connectivity index (χ1) is 12.7. The maximum absolute atomic E-state index is 13.2. The van der Waals surface area contributed by atoms with Crippen LogP contribution in [0.25, 0.3) is 0 Å². The summed E-state index contributed by atoms with van der Waals surface area (Å²) >= 11 is 0. The van der Waals surface area contributed by atoms with Crippen molar-refractivity contribution in [2.75, 3.05) is 18.1 Å². The van der Waals surface area contributed by atoms with Gasteiger partial charge in [0.1, 0.15) is 11.5 Å². The fourth-order valence-corrected chi connectivity index (χ4v) is 3.06. The second kappa shape index (κ2) is 6.94. The highest BCUT2D eigenvalue weighted by atomic mass is 19.1. The second-order valence-corrected chi connectivity index (χ2v) is 6.00. The average Bonchev–Trinajstić information content (AvgIpc) is 3.32. The van der Waals surface area contributed by atoms with Gasteiger partial charge in [-0.05, 0) is 35.9 Å². The van der Waals surface area contributed by atoms with Crippen LogP contribution in [0, 0.1) is 17.1 Å². The predicted octanol–water partition coefficient (Wildman–Crippen LogP) is 2.87. The zero-order chi connectivity index (χ0) is 17.9. The van der Waals surface area contributed by atoms with Gasteiger partial charge < -0.3 is 9.64 Å². The molecule has 0 bridgehead atoms. The van der Waals surface area contributed by atoms with Gasteiger partial charge in [0.25, 0.3) is 0 Å². The van der Waals surface area contributed by atoms with E-state index in [9.17, 15) is 9.65 Å². The lowest BCUT2D eigenvalue weighted by molar-refractivity contribution is 0.110. The molecule has 1 aliphatic heterocycles. The molecule has 0 N–H and O–H groups in total. The summed E-state index contributed by atoms with van der Waals surface area (Å²) in [7, 11) is 0. The number of nitrogens with zero attached hydrogens (tertiary/aromatic N) is 5. The van der Waals surface area contributed by atoms with E-state index < -0.39 is 0 Å². The van der Waals surface area contributed by atoms with Crippen molar-refractivity contribution >= 4 is 5.69 Å². The van der Waals surface area contributed by atoms with Crippen LogP contribution in [0.1, 0.15) is 23.0 Å². The molecule has 26 heavy (non-hydrogen) atoms. The van der Waals surface area contributed by atoms with E-state index in [0.717, 1.165) is 11.3 Å². The van der Waals surface area contributed by atoms with E-state index in [2.05, 4.69) is 16.4 Å². The Balaban J connectivity index is 1.55. The molecular formula is C19H16FN5O. The Labute approximate surface area is 150 Å². The Morgan fingerprint density at radius 2 is 2.00 bits per heavy atom. The summed E-state index contributed by atoms with van der Waals surface area (Å²) in [6, 6.07) is 15.9. The third-order valence-corrected chi connectivity index (χ3v) is 4.33. The molecule has 0 unspecified atom stereocenters. The van der Waals surface area contributed by atoms with E-state index in [1.165, 1.54) is 12.1 Å². The lowest BCUT2D eigenvalue weighted by Crippen LogP contribution is -2.23. The van der Waals surface area contributed by atoms with Crippen molar-refractivity contribution in [1.29, 1.82) is 5.26 Å². The SMILES string of the molecule is N#Cc1ccccc1Cn1cc([C@@H]2OCCN2c2ccc(F)cc2)nn1. The van der Waals surface area contributed by atoms with E-state index >= 15 is 0 Å². The monoisotopic (exact) mass is 349 g/mol. The molecule has 3 aromatic rings. The molecule has 0 spiro atoms.